The van der Waals surface area contributed by atoms with Crippen molar-refractivity contribution in [1.82, 2.24) is 0 Å². The summed E-state index contributed by atoms with van der Waals surface area (Å²) in [6.45, 7) is 1.09. The molecular weight excluding hydrogens is 335 g/mol. The highest BCUT2D eigenvalue weighted by Gasteiger charge is 2.28. The summed E-state index contributed by atoms with van der Waals surface area (Å²) in [6, 6.07) is 25.1. The van der Waals surface area contributed by atoms with Crippen LogP contribution in [0.25, 0.3) is 0 Å². The summed E-state index contributed by atoms with van der Waals surface area (Å²) < 4.78 is 24.0. The Morgan fingerprint density at radius 1 is 0.720 bits per heavy atom. The van der Waals surface area contributed by atoms with E-state index in [1.54, 1.807) is 7.11 Å². The first-order chi connectivity index (χ1) is 12.3. The Labute approximate surface area is 150 Å². The Hall–Kier alpha value is -2.30. The minimum atomic E-state index is -0.285. The fourth-order valence-electron chi connectivity index (χ4n) is 2.45. The summed E-state index contributed by atoms with van der Waals surface area (Å²) in [7, 11) is 1.37. The van der Waals surface area contributed by atoms with Crippen LogP contribution in [0.4, 0.5) is 4.39 Å². The second-order valence-corrected chi connectivity index (χ2v) is 7.41. The molecule has 128 valence electrons. The van der Waals surface area contributed by atoms with Gasteiger partial charge in [0.15, 0.2) is 14.7 Å². The second-order valence-electron chi connectivity index (χ2n) is 5.39. The summed E-state index contributed by atoms with van der Waals surface area (Å²) in [5.74, 6) is 0.596. The third kappa shape index (κ3) is 4.62. The van der Waals surface area contributed by atoms with Crippen LogP contribution in [-0.4, -0.2) is 20.3 Å². The molecule has 0 N–H and O–H groups in total. The monoisotopic (exact) mass is 355 g/mol. The lowest BCUT2D eigenvalue weighted by Gasteiger charge is -2.09. The predicted octanol–water partition coefficient (Wildman–Crippen LogP) is 4.95. The van der Waals surface area contributed by atoms with Crippen LogP contribution >= 0.6 is 0 Å². The Morgan fingerprint density at radius 3 is 1.88 bits per heavy atom. The van der Waals surface area contributed by atoms with Crippen LogP contribution in [0.5, 0.6) is 5.75 Å². The van der Waals surface area contributed by atoms with Gasteiger partial charge in [0.2, 0.25) is 0 Å². The summed E-state index contributed by atoms with van der Waals surface area (Å²) in [6.07, 6.45) is 0. The molecule has 3 aromatic carbocycles. The number of hydrogen-bond acceptors (Lipinski definition) is 2. The van der Waals surface area contributed by atoms with Gasteiger partial charge in [0.25, 0.3) is 0 Å². The molecule has 0 aliphatic heterocycles. The summed E-state index contributed by atoms with van der Waals surface area (Å²) in [4.78, 5) is 3.44. The third-order valence-electron chi connectivity index (χ3n) is 3.64. The number of rotatable bonds is 7. The van der Waals surface area contributed by atoms with Crippen molar-refractivity contribution in [3.8, 4) is 5.75 Å². The molecule has 2 nitrogen and oxygen atoms in total. The summed E-state index contributed by atoms with van der Waals surface area (Å²) in [5, 5.41) is 0. The van der Waals surface area contributed by atoms with Crippen molar-refractivity contribution in [3.63, 3.8) is 0 Å². The fraction of sp³-hybridized carbons (Fsp3) is 0.143. The molecule has 0 aliphatic rings. The number of ether oxygens (including phenoxy) is 2. The van der Waals surface area contributed by atoms with E-state index in [2.05, 4.69) is 24.3 Å². The van der Waals surface area contributed by atoms with Gasteiger partial charge in [0, 0.05) is 7.11 Å². The molecule has 0 heterocycles. The quantitative estimate of drug-likeness (QED) is 0.441. The number of halogens is 1. The molecule has 0 radical (unpaired) electrons. The Kier molecular flexibility index (Phi) is 6.09. The topological polar surface area (TPSA) is 18.5 Å². The molecule has 4 heteroatoms. The Balaban J connectivity index is 1.90. The smallest absolute Gasteiger partial charge is 0.166 e. The molecule has 1 unspecified atom stereocenters. The van der Waals surface area contributed by atoms with E-state index in [4.69, 9.17) is 9.47 Å². The van der Waals surface area contributed by atoms with Gasteiger partial charge in [0.1, 0.15) is 18.2 Å². The van der Waals surface area contributed by atoms with Crippen molar-refractivity contribution < 1.29 is 13.9 Å². The summed E-state index contributed by atoms with van der Waals surface area (Å²) in [5.41, 5.74) is 0. The lowest BCUT2D eigenvalue weighted by molar-refractivity contribution is 0.146. The average Bonchev–Trinajstić information content (AvgIpc) is 2.66. The number of hydrogen-bond donors (Lipinski definition) is 0. The normalized spacial score (nSPS) is 11.9. The lowest BCUT2D eigenvalue weighted by Crippen LogP contribution is -2.06. The minimum Gasteiger partial charge on any atom is -0.491 e. The molecule has 0 spiro atoms. The first-order valence-electron chi connectivity index (χ1n) is 8.04. The molecular formula is C21H20FO2S+. The van der Waals surface area contributed by atoms with Gasteiger partial charge in [-0.05, 0) is 60.7 Å². The molecule has 0 aliphatic carbocycles. The number of methoxy groups -OCH3 is 1. The molecule has 0 aromatic heterocycles. The average molecular weight is 355 g/mol. The van der Waals surface area contributed by atoms with Crippen LogP contribution in [0.3, 0.4) is 0 Å². The SMILES string of the molecule is COCCOc1ccc([S+](c2ccccc2)c2ccc(F)cc2)cc1. The van der Waals surface area contributed by atoms with Crippen molar-refractivity contribution in [3.05, 3.63) is 84.7 Å². The van der Waals surface area contributed by atoms with E-state index >= 15 is 0 Å². The second kappa shape index (κ2) is 8.70. The zero-order valence-electron chi connectivity index (χ0n) is 14.0. The van der Waals surface area contributed by atoms with Gasteiger partial charge in [-0.1, -0.05) is 18.2 Å². The van der Waals surface area contributed by atoms with Crippen LogP contribution in [0, 0.1) is 5.82 Å². The van der Waals surface area contributed by atoms with Crippen molar-refractivity contribution >= 4 is 10.9 Å². The molecule has 3 rings (SSSR count). The molecule has 0 fully saturated rings. The van der Waals surface area contributed by atoms with Crippen LogP contribution in [-0.2, 0) is 15.6 Å². The zero-order chi connectivity index (χ0) is 17.5. The Morgan fingerprint density at radius 2 is 1.28 bits per heavy atom. The molecule has 0 saturated heterocycles. The highest BCUT2D eigenvalue weighted by molar-refractivity contribution is 7.97. The van der Waals surface area contributed by atoms with Crippen LogP contribution in [0.2, 0.25) is 0 Å². The van der Waals surface area contributed by atoms with E-state index in [0.29, 0.717) is 13.2 Å². The largest absolute Gasteiger partial charge is 0.491 e. The first kappa shape index (κ1) is 17.5. The van der Waals surface area contributed by atoms with Gasteiger partial charge < -0.3 is 9.47 Å². The third-order valence-corrected chi connectivity index (χ3v) is 5.87. The van der Waals surface area contributed by atoms with E-state index in [9.17, 15) is 4.39 Å². The van der Waals surface area contributed by atoms with E-state index in [1.807, 2.05) is 42.5 Å². The maximum atomic E-state index is 13.3. The van der Waals surface area contributed by atoms with Crippen molar-refractivity contribution in [2.24, 2.45) is 0 Å². The standard InChI is InChI=1S/C21H20FO2S/c1-23-15-16-24-18-9-13-21(14-10-18)25(19-5-3-2-4-6-19)20-11-7-17(22)8-12-20/h2-14H,15-16H2,1H3/q+1. The number of benzene rings is 3. The summed E-state index contributed by atoms with van der Waals surface area (Å²) >= 11 is 0. The lowest BCUT2D eigenvalue weighted by atomic mass is 10.3. The minimum absolute atomic E-state index is 0.220. The zero-order valence-corrected chi connectivity index (χ0v) is 14.8. The Bertz CT molecular complexity index is 773. The highest BCUT2D eigenvalue weighted by Crippen LogP contribution is 2.32. The maximum Gasteiger partial charge on any atom is 0.166 e. The first-order valence-corrected chi connectivity index (χ1v) is 9.27. The van der Waals surface area contributed by atoms with E-state index < -0.39 is 0 Å². The fourth-order valence-corrected chi connectivity index (χ4v) is 4.51. The van der Waals surface area contributed by atoms with Crippen molar-refractivity contribution in [2.45, 2.75) is 14.7 Å². The van der Waals surface area contributed by atoms with Gasteiger partial charge in [-0.3, -0.25) is 0 Å². The van der Waals surface area contributed by atoms with E-state index in [1.165, 1.54) is 17.0 Å². The van der Waals surface area contributed by atoms with Crippen molar-refractivity contribution in [1.29, 1.82) is 0 Å². The molecule has 0 amide bonds. The predicted molar refractivity (Wildman–Crippen MR) is 98.8 cm³/mol. The molecule has 1 atom stereocenters. The van der Waals surface area contributed by atoms with Crippen LogP contribution in [0.1, 0.15) is 0 Å². The van der Waals surface area contributed by atoms with Crippen LogP contribution in [0.15, 0.2) is 93.5 Å². The van der Waals surface area contributed by atoms with Crippen LogP contribution < -0.4 is 4.74 Å². The highest BCUT2D eigenvalue weighted by atomic mass is 32.2. The molecule has 25 heavy (non-hydrogen) atoms. The van der Waals surface area contributed by atoms with E-state index in [-0.39, 0.29) is 16.7 Å². The molecule has 3 aromatic rings. The maximum absolute atomic E-state index is 13.3. The molecule has 0 bridgehead atoms. The van der Waals surface area contributed by atoms with Crippen molar-refractivity contribution in [2.75, 3.05) is 20.3 Å². The molecule has 0 saturated carbocycles. The van der Waals surface area contributed by atoms with Gasteiger partial charge in [0.05, 0.1) is 17.5 Å². The van der Waals surface area contributed by atoms with E-state index in [0.717, 1.165) is 15.5 Å². The van der Waals surface area contributed by atoms with Gasteiger partial charge >= 0.3 is 0 Å². The van der Waals surface area contributed by atoms with Gasteiger partial charge in [-0.15, -0.1) is 0 Å². The van der Waals surface area contributed by atoms with Gasteiger partial charge in [-0.25, -0.2) is 4.39 Å². The van der Waals surface area contributed by atoms with Gasteiger partial charge in [-0.2, -0.15) is 0 Å².